The molecule has 0 aliphatic carbocycles. The van der Waals surface area contributed by atoms with Gasteiger partial charge in [-0.1, -0.05) is 17.7 Å². The normalized spacial score (nSPS) is 15.1. The number of carbonyl (C=O) groups is 1. The summed E-state index contributed by atoms with van der Waals surface area (Å²) in [6.07, 6.45) is 4.13. The van der Waals surface area contributed by atoms with Crippen LogP contribution in [0.3, 0.4) is 0 Å². The molecule has 146 valence electrons. The summed E-state index contributed by atoms with van der Waals surface area (Å²) in [7, 11) is 1.70. The van der Waals surface area contributed by atoms with Crippen LogP contribution < -0.4 is 4.74 Å². The van der Waals surface area contributed by atoms with Crippen LogP contribution in [0.15, 0.2) is 53.6 Å². The fourth-order valence-electron chi connectivity index (χ4n) is 3.90. The lowest BCUT2D eigenvalue weighted by atomic mass is 9.89. The fourth-order valence-corrected chi connectivity index (χ4v) is 4.70. The van der Waals surface area contributed by atoms with Gasteiger partial charge in [0.2, 0.25) is 5.91 Å². The van der Waals surface area contributed by atoms with E-state index in [-0.39, 0.29) is 5.91 Å². The van der Waals surface area contributed by atoms with Crippen LogP contribution in [-0.2, 0) is 4.79 Å². The minimum atomic E-state index is 0.240. The number of piperidine rings is 1. The van der Waals surface area contributed by atoms with Gasteiger partial charge >= 0.3 is 0 Å². The third-order valence-corrected chi connectivity index (χ3v) is 6.59. The van der Waals surface area contributed by atoms with Crippen LogP contribution in [0.2, 0.25) is 0 Å². The Hall–Kier alpha value is -2.40. The summed E-state index contributed by atoms with van der Waals surface area (Å²) in [4.78, 5) is 19.2. The molecule has 4 rings (SSSR count). The van der Waals surface area contributed by atoms with Crippen molar-refractivity contribution >= 4 is 28.6 Å². The van der Waals surface area contributed by atoms with Crippen LogP contribution in [0.4, 0.5) is 0 Å². The lowest BCUT2D eigenvalue weighted by molar-refractivity contribution is -0.129. The second kappa shape index (κ2) is 8.31. The van der Waals surface area contributed by atoms with Gasteiger partial charge in [0.15, 0.2) is 0 Å². The van der Waals surface area contributed by atoms with Gasteiger partial charge in [-0.2, -0.15) is 0 Å². The number of ether oxygens (including phenoxy) is 1. The molecule has 1 fully saturated rings. The molecular weight excluding hydrogens is 368 g/mol. The molecule has 1 aliphatic heterocycles. The Morgan fingerprint density at radius 3 is 2.64 bits per heavy atom. The van der Waals surface area contributed by atoms with Crippen molar-refractivity contribution in [1.29, 1.82) is 0 Å². The number of benzene rings is 2. The molecule has 0 unspecified atom stereocenters. The van der Waals surface area contributed by atoms with Gasteiger partial charge in [0.05, 0.1) is 12.9 Å². The third-order valence-electron chi connectivity index (χ3n) is 5.59. The number of nitrogens with one attached hydrogen (secondary N) is 1. The van der Waals surface area contributed by atoms with Crippen molar-refractivity contribution in [3.8, 4) is 5.75 Å². The molecule has 3 aromatic rings. The highest BCUT2D eigenvalue weighted by Gasteiger charge is 2.25. The quantitative estimate of drug-likeness (QED) is 0.621. The monoisotopic (exact) mass is 394 g/mol. The zero-order valence-electron chi connectivity index (χ0n) is 16.4. The van der Waals surface area contributed by atoms with E-state index in [1.54, 1.807) is 18.9 Å². The number of hydrogen-bond donors (Lipinski definition) is 1. The molecule has 0 saturated carbocycles. The molecule has 28 heavy (non-hydrogen) atoms. The molecule has 0 atom stereocenters. The average Bonchev–Trinajstić information content (AvgIpc) is 3.16. The van der Waals surface area contributed by atoms with Gasteiger partial charge in [-0.25, -0.2) is 0 Å². The minimum Gasteiger partial charge on any atom is -0.497 e. The van der Waals surface area contributed by atoms with Gasteiger partial charge in [-0.15, -0.1) is 11.8 Å². The van der Waals surface area contributed by atoms with E-state index in [9.17, 15) is 4.79 Å². The van der Waals surface area contributed by atoms with E-state index in [0.717, 1.165) is 42.1 Å². The molecule has 4 nitrogen and oxygen atoms in total. The predicted molar refractivity (Wildman–Crippen MR) is 115 cm³/mol. The predicted octanol–water partition coefficient (Wildman–Crippen LogP) is 4.98. The second-order valence-electron chi connectivity index (χ2n) is 7.41. The third kappa shape index (κ3) is 4.04. The number of H-pyrrole nitrogens is 1. The number of rotatable bonds is 5. The lowest BCUT2D eigenvalue weighted by Crippen LogP contribution is -2.38. The maximum absolute atomic E-state index is 12.6. The van der Waals surface area contributed by atoms with Crippen molar-refractivity contribution in [2.75, 3.05) is 26.0 Å². The average molecular weight is 395 g/mol. The molecular formula is C23H26N2O2S. The highest BCUT2D eigenvalue weighted by atomic mass is 32.2. The summed E-state index contributed by atoms with van der Waals surface area (Å²) in [5.41, 5.74) is 3.73. The first-order valence-electron chi connectivity index (χ1n) is 9.76. The Morgan fingerprint density at radius 1 is 1.18 bits per heavy atom. The molecule has 1 N–H and O–H groups in total. The Balaban J connectivity index is 1.35. The lowest BCUT2D eigenvalue weighted by Gasteiger charge is -2.32. The highest BCUT2D eigenvalue weighted by Crippen LogP contribution is 2.35. The van der Waals surface area contributed by atoms with E-state index in [4.69, 9.17) is 4.74 Å². The van der Waals surface area contributed by atoms with Gasteiger partial charge in [0, 0.05) is 35.1 Å². The molecule has 1 aliphatic rings. The number of fused-ring (bicyclic) bond motifs is 1. The molecule has 0 spiro atoms. The van der Waals surface area contributed by atoms with Crippen molar-refractivity contribution in [2.24, 2.45) is 0 Å². The topological polar surface area (TPSA) is 45.3 Å². The van der Waals surface area contributed by atoms with Crippen molar-refractivity contribution in [2.45, 2.75) is 30.6 Å². The van der Waals surface area contributed by atoms with Crippen molar-refractivity contribution < 1.29 is 9.53 Å². The number of aryl methyl sites for hydroxylation is 1. The SMILES string of the molecule is COc1ccc2[nH]cc(C3CCN(C(=O)CSc4ccc(C)cc4)CC3)c2c1. The number of aromatic amines is 1. The second-order valence-corrected chi connectivity index (χ2v) is 8.46. The van der Waals surface area contributed by atoms with E-state index in [2.05, 4.69) is 54.5 Å². The summed E-state index contributed by atoms with van der Waals surface area (Å²) in [6, 6.07) is 14.5. The number of likely N-dealkylation sites (tertiary alicyclic amines) is 1. The van der Waals surface area contributed by atoms with E-state index in [1.807, 2.05) is 11.0 Å². The summed E-state index contributed by atoms with van der Waals surface area (Å²) >= 11 is 1.63. The van der Waals surface area contributed by atoms with Crippen LogP contribution in [0, 0.1) is 6.92 Å². The zero-order valence-corrected chi connectivity index (χ0v) is 17.2. The summed E-state index contributed by atoms with van der Waals surface area (Å²) in [6.45, 7) is 3.73. The number of aromatic nitrogens is 1. The Kier molecular flexibility index (Phi) is 5.62. The van der Waals surface area contributed by atoms with Gasteiger partial charge < -0.3 is 14.6 Å². The van der Waals surface area contributed by atoms with Crippen molar-refractivity contribution in [3.05, 3.63) is 59.8 Å². The number of hydrogen-bond acceptors (Lipinski definition) is 3. The first kappa shape index (κ1) is 18.9. The van der Waals surface area contributed by atoms with Gasteiger partial charge in [0.1, 0.15) is 5.75 Å². The van der Waals surface area contributed by atoms with E-state index in [1.165, 1.54) is 16.5 Å². The summed E-state index contributed by atoms with van der Waals surface area (Å²) < 4.78 is 5.38. The van der Waals surface area contributed by atoms with Crippen LogP contribution >= 0.6 is 11.8 Å². The summed E-state index contributed by atoms with van der Waals surface area (Å²) in [5.74, 6) is 2.12. The number of nitrogens with zero attached hydrogens (tertiary/aromatic N) is 1. The molecule has 2 heterocycles. The largest absolute Gasteiger partial charge is 0.497 e. The van der Waals surface area contributed by atoms with Gasteiger partial charge in [-0.05, 0) is 61.6 Å². The molecule has 1 aromatic heterocycles. The van der Waals surface area contributed by atoms with E-state index < -0.39 is 0 Å². The maximum Gasteiger partial charge on any atom is 0.232 e. The first-order valence-corrected chi connectivity index (χ1v) is 10.7. The fraction of sp³-hybridized carbons (Fsp3) is 0.348. The minimum absolute atomic E-state index is 0.240. The van der Waals surface area contributed by atoms with Crippen LogP contribution in [0.1, 0.15) is 29.9 Å². The van der Waals surface area contributed by atoms with Gasteiger partial charge in [0.25, 0.3) is 0 Å². The van der Waals surface area contributed by atoms with Crippen molar-refractivity contribution in [3.63, 3.8) is 0 Å². The van der Waals surface area contributed by atoms with Gasteiger partial charge in [-0.3, -0.25) is 4.79 Å². The number of carbonyl (C=O) groups excluding carboxylic acids is 1. The molecule has 1 amide bonds. The zero-order chi connectivity index (χ0) is 19.5. The molecule has 5 heteroatoms. The van der Waals surface area contributed by atoms with Crippen LogP contribution in [-0.4, -0.2) is 41.7 Å². The molecule has 0 bridgehead atoms. The number of thioether (sulfide) groups is 1. The molecule has 2 aromatic carbocycles. The van der Waals surface area contributed by atoms with Crippen molar-refractivity contribution in [1.82, 2.24) is 9.88 Å². The molecule has 0 radical (unpaired) electrons. The molecule has 1 saturated heterocycles. The summed E-state index contributed by atoms with van der Waals surface area (Å²) in [5, 5.41) is 1.24. The number of amides is 1. The first-order chi connectivity index (χ1) is 13.6. The maximum atomic E-state index is 12.6. The Labute approximate surface area is 170 Å². The Bertz CT molecular complexity index is 956. The standard InChI is InChI=1S/C23H26N2O2S/c1-16-3-6-19(7-4-16)28-15-23(26)25-11-9-17(10-12-25)21-14-24-22-8-5-18(27-2)13-20(21)22/h3-8,13-14,17,24H,9-12,15H2,1-2H3. The Morgan fingerprint density at radius 2 is 1.93 bits per heavy atom. The van der Waals surface area contributed by atoms with Crippen LogP contribution in [0.5, 0.6) is 5.75 Å². The smallest absolute Gasteiger partial charge is 0.232 e. The van der Waals surface area contributed by atoms with E-state index >= 15 is 0 Å². The number of methoxy groups -OCH3 is 1. The van der Waals surface area contributed by atoms with E-state index in [0.29, 0.717) is 11.7 Å². The highest BCUT2D eigenvalue weighted by molar-refractivity contribution is 8.00. The van der Waals surface area contributed by atoms with Crippen LogP contribution in [0.25, 0.3) is 10.9 Å².